The summed E-state index contributed by atoms with van der Waals surface area (Å²) < 4.78 is 0. The van der Waals surface area contributed by atoms with E-state index in [-0.39, 0.29) is 11.4 Å². The van der Waals surface area contributed by atoms with Gasteiger partial charge in [-0.1, -0.05) is 6.92 Å². The van der Waals surface area contributed by atoms with Gasteiger partial charge in [-0.3, -0.25) is 4.79 Å². The van der Waals surface area contributed by atoms with Crippen molar-refractivity contribution in [2.45, 2.75) is 57.4 Å². The first kappa shape index (κ1) is 9.68. The second kappa shape index (κ2) is 3.23. The van der Waals surface area contributed by atoms with Crippen LogP contribution in [-0.2, 0) is 4.79 Å². The summed E-state index contributed by atoms with van der Waals surface area (Å²) >= 11 is 0. The summed E-state index contributed by atoms with van der Waals surface area (Å²) in [5.74, 6) is 3.03. The molecule has 0 aromatic carbocycles. The molecule has 0 unspecified atom stereocenters. The molecule has 0 radical (unpaired) electrons. The Kier molecular flexibility index (Phi) is 2.08. The zero-order valence-electron chi connectivity index (χ0n) is 9.59. The van der Waals surface area contributed by atoms with E-state index in [0.717, 1.165) is 17.8 Å². The Bertz CT molecular complexity index is 249. The van der Waals surface area contributed by atoms with Gasteiger partial charge in [0.15, 0.2) is 0 Å². The van der Waals surface area contributed by atoms with Crippen LogP contribution in [-0.4, -0.2) is 11.4 Å². The summed E-state index contributed by atoms with van der Waals surface area (Å²) in [6, 6.07) is 0. The number of hydrogen-bond donors (Lipinski definition) is 1. The minimum Gasteiger partial charge on any atom is -0.351 e. The highest BCUT2D eigenvalue weighted by atomic mass is 16.1. The zero-order chi connectivity index (χ0) is 10.5. The number of carbonyl (C=O) groups is 1. The van der Waals surface area contributed by atoms with Crippen molar-refractivity contribution < 1.29 is 4.79 Å². The Morgan fingerprint density at radius 1 is 1.13 bits per heavy atom. The molecule has 0 saturated heterocycles. The second-order valence-electron chi connectivity index (χ2n) is 6.10. The van der Waals surface area contributed by atoms with Crippen LogP contribution in [0.25, 0.3) is 0 Å². The van der Waals surface area contributed by atoms with Gasteiger partial charge in [-0.05, 0) is 56.3 Å². The molecule has 0 spiro atoms. The van der Waals surface area contributed by atoms with Crippen molar-refractivity contribution in [1.29, 1.82) is 0 Å². The van der Waals surface area contributed by atoms with E-state index in [1.807, 2.05) is 6.92 Å². The average Bonchev–Trinajstić information content (AvgIpc) is 2.14. The fraction of sp³-hybridized carbons (Fsp3) is 0.923. The fourth-order valence-corrected chi connectivity index (χ4v) is 4.65. The van der Waals surface area contributed by atoms with Gasteiger partial charge in [0, 0.05) is 12.0 Å². The first-order valence-electron chi connectivity index (χ1n) is 6.50. The highest BCUT2D eigenvalue weighted by Gasteiger charge is 2.51. The number of nitrogens with one attached hydrogen (secondary N) is 1. The maximum atomic E-state index is 11.6. The second-order valence-corrected chi connectivity index (χ2v) is 6.10. The molecule has 4 fully saturated rings. The predicted molar refractivity (Wildman–Crippen MR) is 59.3 cm³/mol. The standard InChI is InChI=1S/C13H21NO/c1-2-12(15)14-13-6-9-3-10(7-13)5-11(4-9)8-13/h9-11H,2-8H2,1H3,(H,14,15). The predicted octanol–water partition coefficient (Wildman–Crippen LogP) is 2.48. The smallest absolute Gasteiger partial charge is 0.220 e. The van der Waals surface area contributed by atoms with E-state index in [4.69, 9.17) is 0 Å². The molecule has 0 aromatic rings. The van der Waals surface area contributed by atoms with Crippen molar-refractivity contribution in [1.82, 2.24) is 5.32 Å². The highest BCUT2D eigenvalue weighted by Crippen LogP contribution is 2.55. The number of hydrogen-bond acceptors (Lipinski definition) is 1. The largest absolute Gasteiger partial charge is 0.351 e. The minimum absolute atomic E-state index is 0.224. The summed E-state index contributed by atoms with van der Waals surface area (Å²) in [6.07, 6.45) is 8.78. The molecule has 15 heavy (non-hydrogen) atoms. The molecule has 1 N–H and O–H groups in total. The van der Waals surface area contributed by atoms with Gasteiger partial charge in [0.1, 0.15) is 0 Å². The number of rotatable bonds is 2. The van der Waals surface area contributed by atoms with E-state index in [2.05, 4.69) is 5.32 Å². The summed E-state index contributed by atoms with van der Waals surface area (Å²) in [5, 5.41) is 3.34. The molecule has 4 bridgehead atoms. The topological polar surface area (TPSA) is 29.1 Å². The van der Waals surface area contributed by atoms with Crippen LogP contribution in [0.15, 0.2) is 0 Å². The molecule has 4 saturated carbocycles. The van der Waals surface area contributed by atoms with Gasteiger partial charge in [-0.25, -0.2) is 0 Å². The van der Waals surface area contributed by atoms with Crippen LogP contribution in [0.5, 0.6) is 0 Å². The first-order chi connectivity index (χ1) is 7.19. The van der Waals surface area contributed by atoms with Gasteiger partial charge in [-0.15, -0.1) is 0 Å². The third-order valence-electron chi connectivity index (χ3n) is 4.76. The molecule has 0 aromatic heterocycles. The van der Waals surface area contributed by atoms with Gasteiger partial charge in [0.2, 0.25) is 5.91 Å². The molecule has 4 aliphatic rings. The Hall–Kier alpha value is -0.530. The molecule has 84 valence electrons. The molecule has 2 heteroatoms. The van der Waals surface area contributed by atoms with Crippen molar-refractivity contribution in [2.75, 3.05) is 0 Å². The molecule has 0 aliphatic heterocycles. The van der Waals surface area contributed by atoms with Crippen molar-refractivity contribution in [3.05, 3.63) is 0 Å². The van der Waals surface area contributed by atoms with Gasteiger partial charge in [-0.2, -0.15) is 0 Å². The lowest BCUT2D eigenvalue weighted by atomic mass is 9.53. The molecule has 0 heterocycles. The zero-order valence-corrected chi connectivity index (χ0v) is 9.59. The average molecular weight is 207 g/mol. The lowest BCUT2D eigenvalue weighted by molar-refractivity contribution is -0.126. The normalized spacial score (nSPS) is 46.9. The molecule has 1 amide bonds. The van der Waals surface area contributed by atoms with E-state index in [1.54, 1.807) is 0 Å². The summed E-state index contributed by atoms with van der Waals surface area (Å²) in [7, 11) is 0. The van der Waals surface area contributed by atoms with Crippen LogP contribution < -0.4 is 5.32 Å². The summed E-state index contributed by atoms with van der Waals surface area (Å²) in [6.45, 7) is 1.95. The Morgan fingerprint density at radius 2 is 1.60 bits per heavy atom. The van der Waals surface area contributed by atoms with Crippen molar-refractivity contribution in [3.63, 3.8) is 0 Å². The van der Waals surface area contributed by atoms with Gasteiger partial charge >= 0.3 is 0 Å². The van der Waals surface area contributed by atoms with E-state index >= 15 is 0 Å². The minimum atomic E-state index is 0.224. The van der Waals surface area contributed by atoms with Crippen molar-refractivity contribution in [2.24, 2.45) is 17.8 Å². The molecular weight excluding hydrogens is 186 g/mol. The lowest BCUT2D eigenvalue weighted by Crippen LogP contribution is -2.59. The Labute approximate surface area is 91.8 Å². The maximum absolute atomic E-state index is 11.6. The van der Waals surface area contributed by atoms with E-state index in [1.165, 1.54) is 38.5 Å². The molecular formula is C13H21NO. The van der Waals surface area contributed by atoms with Crippen LogP contribution in [0.2, 0.25) is 0 Å². The van der Waals surface area contributed by atoms with Crippen LogP contribution in [0.3, 0.4) is 0 Å². The summed E-state index contributed by atoms with van der Waals surface area (Å²) in [5.41, 5.74) is 0.224. The first-order valence-corrected chi connectivity index (χ1v) is 6.50. The van der Waals surface area contributed by atoms with E-state index < -0.39 is 0 Å². The molecule has 4 rings (SSSR count). The SMILES string of the molecule is CCC(=O)NC12CC3CC(CC(C3)C1)C2. The number of amides is 1. The van der Waals surface area contributed by atoms with E-state index in [9.17, 15) is 4.79 Å². The maximum Gasteiger partial charge on any atom is 0.220 e. The van der Waals surface area contributed by atoms with Gasteiger partial charge < -0.3 is 5.32 Å². The third kappa shape index (κ3) is 1.58. The van der Waals surface area contributed by atoms with Crippen LogP contribution >= 0.6 is 0 Å². The van der Waals surface area contributed by atoms with Crippen LogP contribution in [0.4, 0.5) is 0 Å². The fourth-order valence-electron chi connectivity index (χ4n) is 4.65. The van der Waals surface area contributed by atoms with Crippen molar-refractivity contribution >= 4 is 5.91 Å². The lowest BCUT2D eigenvalue weighted by Gasteiger charge is -2.56. The third-order valence-corrected chi connectivity index (χ3v) is 4.76. The Balaban J connectivity index is 1.78. The monoisotopic (exact) mass is 207 g/mol. The van der Waals surface area contributed by atoms with Crippen LogP contribution in [0.1, 0.15) is 51.9 Å². The molecule has 2 nitrogen and oxygen atoms in total. The highest BCUT2D eigenvalue weighted by molar-refractivity contribution is 5.76. The quantitative estimate of drug-likeness (QED) is 0.740. The number of carbonyl (C=O) groups excluding carboxylic acids is 1. The molecule has 0 atom stereocenters. The molecule has 4 aliphatic carbocycles. The summed E-state index contributed by atoms with van der Waals surface area (Å²) in [4.78, 5) is 11.6. The Morgan fingerprint density at radius 3 is 2.00 bits per heavy atom. The van der Waals surface area contributed by atoms with E-state index in [0.29, 0.717) is 6.42 Å². The van der Waals surface area contributed by atoms with Gasteiger partial charge in [0.05, 0.1) is 0 Å². The van der Waals surface area contributed by atoms with Crippen molar-refractivity contribution in [3.8, 4) is 0 Å². The van der Waals surface area contributed by atoms with Crippen LogP contribution in [0, 0.1) is 17.8 Å². The van der Waals surface area contributed by atoms with Gasteiger partial charge in [0.25, 0.3) is 0 Å².